The SMILES string of the molecule is CCC(C)CN(CC)c1ccc([C@H](C)N)c(Br)c1. The lowest BCUT2D eigenvalue weighted by Crippen LogP contribution is -2.28. The predicted octanol–water partition coefficient (Wildman–Crippen LogP) is 4.34. The molecule has 2 atom stereocenters. The fourth-order valence-corrected chi connectivity index (χ4v) is 2.73. The number of hydrogen-bond donors (Lipinski definition) is 1. The van der Waals surface area contributed by atoms with E-state index in [1.54, 1.807) is 0 Å². The molecule has 1 unspecified atom stereocenters. The molecule has 0 spiro atoms. The molecule has 0 aliphatic rings. The first-order valence-electron chi connectivity index (χ1n) is 6.79. The van der Waals surface area contributed by atoms with Gasteiger partial charge in [0.2, 0.25) is 0 Å². The van der Waals surface area contributed by atoms with E-state index >= 15 is 0 Å². The molecule has 102 valence electrons. The lowest BCUT2D eigenvalue weighted by atomic mass is 10.1. The summed E-state index contributed by atoms with van der Waals surface area (Å²) in [6.07, 6.45) is 1.22. The maximum absolute atomic E-state index is 5.93. The fourth-order valence-electron chi connectivity index (χ4n) is 2.00. The van der Waals surface area contributed by atoms with Gasteiger partial charge in [-0.1, -0.05) is 42.3 Å². The van der Waals surface area contributed by atoms with Crippen molar-refractivity contribution in [2.75, 3.05) is 18.0 Å². The molecule has 0 fully saturated rings. The van der Waals surface area contributed by atoms with Crippen LogP contribution < -0.4 is 10.6 Å². The van der Waals surface area contributed by atoms with Crippen LogP contribution in [-0.4, -0.2) is 13.1 Å². The van der Waals surface area contributed by atoms with Crippen molar-refractivity contribution in [1.82, 2.24) is 0 Å². The summed E-state index contributed by atoms with van der Waals surface area (Å²) in [5.74, 6) is 0.719. The second-order valence-corrected chi connectivity index (χ2v) is 5.90. The average molecular weight is 313 g/mol. The van der Waals surface area contributed by atoms with Gasteiger partial charge >= 0.3 is 0 Å². The number of nitrogens with two attached hydrogens (primary N) is 1. The van der Waals surface area contributed by atoms with Crippen molar-refractivity contribution < 1.29 is 0 Å². The van der Waals surface area contributed by atoms with Crippen molar-refractivity contribution >= 4 is 21.6 Å². The van der Waals surface area contributed by atoms with Crippen LogP contribution in [0.3, 0.4) is 0 Å². The van der Waals surface area contributed by atoms with Gasteiger partial charge in [-0.3, -0.25) is 0 Å². The van der Waals surface area contributed by atoms with Crippen LogP contribution in [0.1, 0.15) is 45.7 Å². The van der Waals surface area contributed by atoms with Crippen LogP contribution in [0.4, 0.5) is 5.69 Å². The number of nitrogens with zero attached hydrogens (tertiary/aromatic N) is 1. The summed E-state index contributed by atoms with van der Waals surface area (Å²) in [4.78, 5) is 2.42. The first-order valence-corrected chi connectivity index (χ1v) is 7.58. The van der Waals surface area contributed by atoms with Crippen LogP contribution in [0.25, 0.3) is 0 Å². The lowest BCUT2D eigenvalue weighted by Gasteiger charge is -2.27. The molecule has 0 aromatic heterocycles. The highest BCUT2D eigenvalue weighted by Crippen LogP contribution is 2.28. The third kappa shape index (κ3) is 3.99. The molecule has 0 amide bonds. The van der Waals surface area contributed by atoms with Gasteiger partial charge in [0.05, 0.1) is 0 Å². The Hall–Kier alpha value is -0.540. The van der Waals surface area contributed by atoms with E-state index in [2.05, 4.69) is 59.8 Å². The number of hydrogen-bond acceptors (Lipinski definition) is 2. The van der Waals surface area contributed by atoms with Gasteiger partial charge < -0.3 is 10.6 Å². The average Bonchev–Trinajstić information content (AvgIpc) is 2.34. The maximum atomic E-state index is 5.93. The smallest absolute Gasteiger partial charge is 0.0377 e. The minimum Gasteiger partial charge on any atom is -0.372 e. The second kappa shape index (κ2) is 7.15. The Balaban J connectivity index is 2.90. The molecule has 0 bridgehead atoms. The van der Waals surface area contributed by atoms with Gasteiger partial charge in [0, 0.05) is 29.3 Å². The number of halogens is 1. The number of anilines is 1. The zero-order chi connectivity index (χ0) is 13.7. The molecule has 0 aliphatic carbocycles. The van der Waals surface area contributed by atoms with Crippen LogP contribution in [0.5, 0.6) is 0 Å². The number of rotatable bonds is 6. The van der Waals surface area contributed by atoms with Gasteiger partial charge in [0.1, 0.15) is 0 Å². The van der Waals surface area contributed by atoms with E-state index < -0.39 is 0 Å². The highest BCUT2D eigenvalue weighted by molar-refractivity contribution is 9.10. The summed E-state index contributed by atoms with van der Waals surface area (Å²) < 4.78 is 1.11. The van der Waals surface area contributed by atoms with E-state index in [1.807, 2.05) is 6.92 Å². The monoisotopic (exact) mass is 312 g/mol. The van der Waals surface area contributed by atoms with Crippen molar-refractivity contribution in [3.8, 4) is 0 Å². The Morgan fingerprint density at radius 1 is 1.28 bits per heavy atom. The molecule has 3 heteroatoms. The summed E-state index contributed by atoms with van der Waals surface area (Å²) in [6.45, 7) is 10.9. The van der Waals surface area contributed by atoms with Crippen molar-refractivity contribution in [2.45, 2.75) is 40.2 Å². The van der Waals surface area contributed by atoms with Crippen LogP contribution in [0.15, 0.2) is 22.7 Å². The standard InChI is InChI=1S/C15H25BrN2/c1-5-11(3)10-18(6-2)13-7-8-14(12(4)17)15(16)9-13/h7-9,11-12H,5-6,10,17H2,1-4H3/t11?,12-/m0/s1. The van der Waals surface area contributed by atoms with Gasteiger partial charge in [-0.05, 0) is 37.5 Å². The Labute approximate surface area is 120 Å². The molecule has 2 N–H and O–H groups in total. The van der Waals surface area contributed by atoms with Crippen LogP contribution in [-0.2, 0) is 0 Å². The molecule has 1 aromatic rings. The highest BCUT2D eigenvalue weighted by atomic mass is 79.9. The zero-order valence-corrected chi connectivity index (χ0v) is 13.5. The Morgan fingerprint density at radius 3 is 2.39 bits per heavy atom. The van der Waals surface area contributed by atoms with E-state index in [0.717, 1.165) is 23.5 Å². The first kappa shape index (κ1) is 15.5. The molecule has 1 rings (SSSR count). The molecule has 0 saturated carbocycles. The normalized spacial score (nSPS) is 14.3. The van der Waals surface area contributed by atoms with Crippen molar-refractivity contribution in [1.29, 1.82) is 0 Å². The van der Waals surface area contributed by atoms with E-state index in [-0.39, 0.29) is 6.04 Å². The fraction of sp³-hybridized carbons (Fsp3) is 0.600. The summed E-state index contributed by atoms with van der Waals surface area (Å²) in [5, 5.41) is 0. The van der Waals surface area contributed by atoms with E-state index in [9.17, 15) is 0 Å². The van der Waals surface area contributed by atoms with Crippen molar-refractivity contribution in [2.24, 2.45) is 11.7 Å². The molecule has 0 heterocycles. The third-order valence-electron chi connectivity index (χ3n) is 3.45. The summed E-state index contributed by atoms with van der Waals surface area (Å²) in [5.41, 5.74) is 8.37. The van der Waals surface area contributed by atoms with Gasteiger partial charge in [-0.15, -0.1) is 0 Å². The Kier molecular flexibility index (Phi) is 6.16. The molecule has 18 heavy (non-hydrogen) atoms. The summed E-state index contributed by atoms with van der Waals surface area (Å²) in [6, 6.07) is 6.56. The quantitative estimate of drug-likeness (QED) is 0.846. The molecule has 0 saturated heterocycles. The lowest BCUT2D eigenvalue weighted by molar-refractivity contribution is 0.548. The molecule has 1 aromatic carbocycles. The van der Waals surface area contributed by atoms with Gasteiger partial charge in [-0.25, -0.2) is 0 Å². The topological polar surface area (TPSA) is 29.3 Å². The minimum absolute atomic E-state index is 0.0677. The molecule has 0 radical (unpaired) electrons. The Bertz CT molecular complexity index is 377. The maximum Gasteiger partial charge on any atom is 0.0377 e. The van der Waals surface area contributed by atoms with Crippen molar-refractivity contribution in [3.63, 3.8) is 0 Å². The Morgan fingerprint density at radius 2 is 1.94 bits per heavy atom. The molecular formula is C15H25BrN2. The predicted molar refractivity (Wildman–Crippen MR) is 84.1 cm³/mol. The van der Waals surface area contributed by atoms with Gasteiger partial charge in [-0.2, -0.15) is 0 Å². The molecule has 2 nitrogen and oxygen atoms in total. The third-order valence-corrected chi connectivity index (χ3v) is 4.14. The van der Waals surface area contributed by atoms with Crippen LogP contribution >= 0.6 is 15.9 Å². The molecule has 0 aliphatic heterocycles. The minimum atomic E-state index is 0.0677. The van der Waals surface area contributed by atoms with E-state index in [0.29, 0.717) is 0 Å². The van der Waals surface area contributed by atoms with Crippen LogP contribution in [0.2, 0.25) is 0 Å². The molecular weight excluding hydrogens is 288 g/mol. The largest absolute Gasteiger partial charge is 0.372 e. The highest BCUT2D eigenvalue weighted by Gasteiger charge is 2.11. The van der Waals surface area contributed by atoms with Gasteiger partial charge in [0.25, 0.3) is 0 Å². The van der Waals surface area contributed by atoms with E-state index in [1.165, 1.54) is 17.7 Å². The van der Waals surface area contributed by atoms with Gasteiger partial charge in [0.15, 0.2) is 0 Å². The van der Waals surface area contributed by atoms with E-state index in [4.69, 9.17) is 5.73 Å². The van der Waals surface area contributed by atoms with Crippen LogP contribution in [0, 0.1) is 5.92 Å². The summed E-state index contributed by atoms with van der Waals surface area (Å²) >= 11 is 3.62. The first-order chi connectivity index (χ1) is 8.49. The summed E-state index contributed by atoms with van der Waals surface area (Å²) in [7, 11) is 0. The van der Waals surface area contributed by atoms with Crippen molar-refractivity contribution in [3.05, 3.63) is 28.2 Å². The number of benzene rings is 1. The zero-order valence-electron chi connectivity index (χ0n) is 11.9. The second-order valence-electron chi connectivity index (χ2n) is 5.05.